The first kappa shape index (κ1) is 9.62. The summed E-state index contributed by atoms with van der Waals surface area (Å²) < 4.78 is 14.1. The van der Waals surface area contributed by atoms with E-state index >= 15 is 0 Å². The highest BCUT2D eigenvalue weighted by molar-refractivity contribution is 7.32. The normalized spacial score (nSPS) is 12.9. The van der Waals surface area contributed by atoms with Crippen molar-refractivity contribution in [3.8, 4) is 0 Å². The van der Waals surface area contributed by atoms with Crippen molar-refractivity contribution in [2.24, 2.45) is 0 Å². The van der Waals surface area contributed by atoms with E-state index in [0.717, 1.165) is 0 Å². The number of carboxylic acids is 1. The molecule has 0 bridgehead atoms. The molecule has 0 aliphatic carbocycles. The fraction of sp³-hybridized carbons (Fsp3) is 0.750. The molecule has 1 unspecified atom stereocenters. The summed E-state index contributed by atoms with van der Waals surface area (Å²) in [6.07, 6.45) is 0.238. The molecule has 10 heavy (non-hydrogen) atoms. The van der Waals surface area contributed by atoms with E-state index in [9.17, 15) is 9.36 Å². The summed E-state index contributed by atoms with van der Waals surface area (Å²) in [6, 6.07) is 0. The fourth-order valence-corrected chi connectivity index (χ4v) is 0.702. The van der Waals surface area contributed by atoms with Gasteiger partial charge in [-0.3, -0.25) is 9.36 Å². The number of carbonyl (C=O) groups is 1. The van der Waals surface area contributed by atoms with Crippen LogP contribution in [0.3, 0.4) is 0 Å². The fourth-order valence-electron chi connectivity index (χ4n) is 0.383. The minimum atomic E-state index is -2.88. The van der Waals surface area contributed by atoms with Crippen molar-refractivity contribution in [3.63, 3.8) is 0 Å². The Hall–Kier alpha value is -0.380. The predicted octanol–water partition coefficient (Wildman–Crippen LogP) is 0.250. The quantitative estimate of drug-likeness (QED) is 0.454. The molecule has 0 amide bonds. The van der Waals surface area contributed by atoms with E-state index in [2.05, 4.69) is 4.52 Å². The maximum absolute atomic E-state index is 9.86. The highest BCUT2D eigenvalue weighted by Gasteiger charge is 1.96. The highest BCUT2D eigenvalue weighted by atomic mass is 31.1. The molecule has 0 radical (unpaired) electrons. The molecule has 60 valence electrons. The molecule has 0 saturated carbocycles. The summed E-state index contributed by atoms with van der Waals surface area (Å²) in [5.74, 6) is -0.929. The largest absolute Gasteiger partial charge is 0.481 e. The molecular formula is C4H9O5P. The zero-order chi connectivity index (χ0) is 7.98. The summed E-state index contributed by atoms with van der Waals surface area (Å²) in [6.45, 7) is 0.0284. The lowest BCUT2D eigenvalue weighted by molar-refractivity contribution is -0.137. The van der Waals surface area contributed by atoms with Gasteiger partial charge in [0.15, 0.2) is 0 Å². The van der Waals surface area contributed by atoms with Crippen LogP contribution in [0.1, 0.15) is 12.8 Å². The molecule has 0 aromatic heterocycles. The van der Waals surface area contributed by atoms with Crippen molar-refractivity contribution in [1.82, 2.24) is 0 Å². The Morgan fingerprint density at radius 3 is 2.60 bits per heavy atom. The molecule has 0 heterocycles. The number of hydrogen-bond acceptors (Lipinski definition) is 3. The van der Waals surface area contributed by atoms with Crippen molar-refractivity contribution in [2.45, 2.75) is 12.8 Å². The van der Waals surface area contributed by atoms with E-state index in [-0.39, 0.29) is 19.4 Å². The Bertz CT molecular complexity index is 118. The monoisotopic (exact) mass is 168 g/mol. The third kappa shape index (κ3) is 7.62. The zero-order valence-corrected chi connectivity index (χ0v) is 6.24. The van der Waals surface area contributed by atoms with Crippen LogP contribution >= 0.6 is 8.25 Å². The lowest BCUT2D eigenvalue weighted by Crippen LogP contribution is -1.96. The van der Waals surface area contributed by atoms with E-state index < -0.39 is 14.2 Å². The molecule has 0 aromatic rings. The van der Waals surface area contributed by atoms with Crippen LogP contribution in [0.2, 0.25) is 0 Å². The zero-order valence-electron chi connectivity index (χ0n) is 5.24. The average molecular weight is 168 g/mol. The van der Waals surface area contributed by atoms with E-state index in [1.165, 1.54) is 0 Å². The maximum atomic E-state index is 9.86. The van der Waals surface area contributed by atoms with Crippen LogP contribution in [-0.4, -0.2) is 22.6 Å². The maximum Gasteiger partial charge on any atom is 0.316 e. The Balaban J connectivity index is 3.06. The molecule has 0 saturated heterocycles. The molecule has 0 spiro atoms. The number of carboxylic acid groups (broad SMARTS) is 1. The Kier molecular flexibility index (Phi) is 5.20. The summed E-state index contributed by atoms with van der Waals surface area (Å²) in [5, 5.41) is 8.09. The average Bonchev–Trinajstić information content (AvgIpc) is 1.79. The molecule has 2 N–H and O–H groups in total. The minimum Gasteiger partial charge on any atom is -0.481 e. The second-order valence-corrected chi connectivity index (χ2v) is 2.43. The molecular weight excluding hydrogens is 159 g/mol. The lowest BCUT2D eigenvalue weighted by Gasteiger charge is -1.95. The smallest absolute Gasteiger partial charge is 0.316 e. The molecule has 0 rings (SSSR count). The summed E-state index contributed by atoms with van der Waals surface area (Å²) in [7, 11) is -2.88. The van der Waals surface area contributed by atoms with Gasteiger partial charge in [-0.25, -0.2) is 0 Å². The number of aliphatic carboxylic acids is 1. The Morgan fingerprint density at radius 2 is 2.20 bits per heavy atom. The van der Waals surface area contributed by atoms with Gasteiger partial charge in [-0.05, 0) is 6.42 Å². The van der Waals surface area contributed by atoms with Crippen molar-refractivity contribution in [2.75, 3.05) is 6.61 Å². The van der Waals surface area contributed by atoms with Gasteiger partial charge in [0.1, 0.15) is 0 Å². The Labute approximate surface area is 58.6 Å². The van der Waals surface area contributed by atoms with Crippen LogP contribution in [0.5, 0.6) is 0 Å². The summed E-state index contributed by atoms with van der Waals surface area (Å²) >= 11 is 0. The molecule has 0 aromatic carbocycles. The van der Waals surface area contributed by atoms with Gasteiger partial charge < -0.3 is 14.5 Å². The standard InChI is InChI=1S/C4H9O5P/c5-4(6)2-1-3-9-10(7)8/h10H,1-3H2,(H,5,6)(H,7,8). The van der Waals surface area contributed by atoms with Gasteiger partial charge in [0.2, 0.25) is 0 Å². The van der Waals surface area contributed by atoms with Gasteiger partial charge in [-0.2, -0.15) is 0 Å². The number of rotatable bonds is 5. The molecule has 1 atom stereocenters. The second kappa shape index (κ2) is 5.41. The highest BCUT2D eigenvalue weighted by Crippen LogP contribution is 2.14. The van der Waals surface area contributed by atoms with Gasteiger partial charge in [0, 0.05) is 6.42 Å². The first-order valence-electron chi connectivity index (χ1n) is 2.70. The van der Waals surface area contributed by atoms with Crippen LogP contribution in [0.25, 0.3) is 0 Å². The van der Waals surface area contributed by atoms with Crippen LogP contribution in [-0.2, 0) is 13.9 Å². The van der Waals surface area contributed by atoms with Crippen LogP contribution in [0.15, 0.2) is 0 Å². The van der Waals surface area contributed by atoms with E-state index in [1.54, 1.807) is 0 Å². The summed E-state index contributed by atoms with van der Waals surface area (Å²) in [5.41, 5.74) is 0. The van der Waals surface area contributed by atoms with Gasteiger partial charge in [0.25, 0.3) is 0 Å². The third-order valence-electron chi connectivity index (χ3n) is 0.761. The van der Waals surface area contributed by atoms with Gasteiger partial charge in [-0.15, -0.1) is 0 Å². The Morgan fingerprint density at radius 1 is 1.60 bits per heavy atom. The van der Waals surface area contributed by atoms with Crippen molar-refractivity contribution < 1.29 is 23.9 Å². The van der Waals surface area contributed by atoms with E-state index in [1.807, 2.05) is 0 Å². The predicted molar refractivity (Wildman–Crippen MR) is 34.0 cm³/mol. The lowest BCUT2D eigenvalue weighted by atomic mass is 10.3. The van der Waals surface area contributed by atoms with Gasteiger partial charge >= 0.3 is 14.2 Å². The van der Waals surface area contributed by atoms with Crippen LogP contribution in [0, 0.1) is 0 Å². The van der Waals surface area contributed by atoms with Crippen molar-refractivity contribution >= 4 is 14.2 Å². The van der Waals surface area contributed by atoms with Gasteiger partial charge in [-0.1, -0.05) is 0 Å². The minimum absolute atomic E-state index is 0.0284. The van der Waals surface area contributed by atoms with Crippen LogP contribution < -0.4 is 0 Å². The van der Waals surface area contributed by atoms with Gasteiger partial charge in [0.05, 0.1) is 6.61 Å². The molecule has 5 nitrogen and oxygen atoms in total. The first-order valence-corrected chi connectivity index (χ1v) is 3.97. The second-order valence-electron chi connectivity index (χ2n) is 1.61. The van der Waals surface area contributed by atoms with E-state index in [0.29, 0.717) is 0 Å². The first-order chi connectivity index (χ1) is 4.63. The SMILES string of the molecule is O=C(O)CCCO[PH](=O)O. The number of hydrogen-bond donors (Lipinski definition) is 2. The van der Waals surface area contributed by atoms with E-state index in [4.69, 9.17) is 10.00 Å². The summed E-state index contributed by atoms with van der Waals surface area (Å²) in [4.78, 5) is 18.0. The molecule has 6 heteroatoms. The van der Waals surface area contributed by atoms with Crippen molar-refractivity contribution in [3.05, 3.63) is 0 Å². The van der Waals surface area contributed by atoms with Crippen LogP contribution in [0.4, 0.5) is 0 Å². The molecule has 0 aliphatic heterocycles. The topological polar surface area (TPSA) is 83.8 Å². The van der Waals surface area contributed by atoms with Crippen molar-refractivity contribution in [1.29, 1.82) is 0 Å². The third-order valence-corrected chi connectivity index (χ3v) is 1.21. The molecule has 0 fully saturated rings. The molecule has 0 aliphatic rings.